The van der Waals surface area contributed by atoms with Crippen LogP contribution in [0.1, 0.15) is 11.3 Å². The molecule has 0 amide bonds. The van der Waals surface area contributed by atoms with Gasteiger partial charge in [0.05, 0.1) is 4.47 Å². The number of nitrogens with one attached hydrogen (secondary N) is 5. The zero-order valence-corrected chi connectivity index (χ0v) is 17.3. The molecule has 0 unspecified atom stereocenters. The number of hydroxylamine groups is 1. The molecule has 0 bridgehead atoms. The number of hydrogen-bond donors (Lipinski definition) is 7. The molecule has 0 aliphatic rings. The van der Waals surface area contributed by atoms with Gasteiger partial charge in [-0.05, 0) is 56.6 Å². The van der Waals surface area contributed by atoms with Gasteiger partial charge in [0.1, 0.15) is 11.6 Å². The van der Waals surface area contributed by atoms with Gasteiger partial charge in [0.15, 0.2) is 11.5 Å². The number of amidine groups is 2. The Bertz CT molecular complexity index is 1070. The Kier molecular flexibility index (Phi) is 7.29. The standard InChI is InChI=1S/C17H17BrFN9O3/c18-11-7-10(2-3-12(11)19)24-17(26-30)14-16(28-31-27-14)22-6-5-21-13-4-1-9(8-23-13)15(20)25-29/h1-4,7-8,29-30H,5-6H2,(H2,20,25)(H,21,23)(H,22,28)(H,24,26). The topological polar surface area (TPSA) is 177 Å². The van der Waals surface area contributed by atoms with Crippen molar-refractivity contribution < 1.29 is 19.4 Å². The summed E-state index contributed by atoms with van der Waals surface area (Å²) in [5, 5.41) is 45.0. The summed E-state index contributed by atoms with van der Waals surface area (Å²) in [6.07, 6.45) is 1.43. The Balaban J connectivity index is 1.56. The molecule has 3 aromatic rings. The Morgan fingerprint density at radius 2 is 2.00 bits per heavy atom. The van der Waals surface area contributed by atoms with Gasteiger partial charge < -0.3 is 21.2 Å². The maximum atomic E-state index is 13.4. The van der Waals surface area contributed by atoms with Crippen LogP contribution < -0.4 is 21.4 Å². The van der Waals surface area contributed by atoms with E-state index >= 15 is 0 Å². The van der Waals surface area contributed by atoms with E-state index in [0.29, 0.717) is 30.2 Å². The van der Waals surface area contributed by atoms with Gasteiger partial charge in [0, 0.05) is 30.5 Å². The molecule has 31 heavy (non-hydrogen) atoms. The molecule has 0 spiro atoms. The highest BCUT2D eigenvalue weighted by Gasteiger charge is 2.18. The molecule has 3 rings (SSSR count). The summed E-state index contributed by atoms with van der Waals surface area (Å²) in [4.78, 5) is 4.13. The summed E-state index contributed by atoms with van der Waals surface area (Å²) in [6, 6.07) is 7.47. The lowest BCUT2D eigenvalue weighted by Crippen LogP contribution is -2.20. The lowest BCUT2D eigenvalue weighted by atomic mass is 10.2. The summed E-state index contributed by atoms with van der Waals surface area (Å²) in [5.41, 5.74) is 2.76. The van der Waals surface area contributed by atoms with Crippen LogP contribution in [0.2, 0.25) is 0 Å². The highest BCUT2D eigenvalue weighted by molar-refractivity contribution is 9.10. The first kappa shape index (κ1) is 21.9. The number of aromatic nitrogens is 3. The maximum absolute atomic E-state index is 13.4. The van der Waals surface area contributed by atoms with Crippen LogP contribution in [0, 0.1) is 11.2 Å². The number of rotatable bonds is 8. The third-order valence-electron chi connectivity index (χ3n) is 3.88. The van der Waals surface area contributed by atoms with Crippen molar-refractivity contribution in [2.24, 2.45) is 5.16 Å². The Hall–Kier alpha value is -3.78. The van der Waals surface area contributed by atoms with E-state index in [0.717, 1.165) is 0 Å². The average molecular weight is 494 g/mol. The molecule has 0 aliphatic carbocycles. The Labute approximate surface area is 183 Å². The minimum Gasteiger partial charge on any atom is -0.409 e. The van der Waals surface area contributed by atoms with Crippen molar-refractivity contribution in [1.82, 2.24) is 20.8 Å². The van der Waals surface area contributed by atoms with Crippen molar-refractivity contribution in [1.29, 1.82) is 5.41 Å². The second kappa shape index (κ2) is 10.3. The third kappa shape index (κ3) is 5.64. The number of hydrogen-bond acceptors (Lipinski definition) is 10. The molecule has 2 heterocycles. The quantitative estimate of drug-likeness (QED) is 0.0809. The Morgan fingerprint density at radius 3 is 2.68 bits per heavy atom. The molecule has 0 atom stereocenters. The van der Waals surface area contributed by atoms with E-state index in [1.54, 1.807) is 17.6 Å². The van der Waals surface area contributed by atoms with E-state index in [1.807, 2.05) is 0 Å². The second-order valence-electron chi connectivity index (χ2n) is 5.94. The number of nitrogens with zero attached hydrogens (tertiary/aromatic N) is 4. The number of benzene rings is 1. The van der Waals surface area contributed by atoms with Crippen molar-refractivity contribution >= 4 is 44.9 Å². The van der Waals surface area contributed by atoms with Crippen molar-refractivity contribution in [3.8, 4) is 0 Å². The number of halogens is 2. The summed E-state index contributed by atoms with van der Waals surface area (Å²) in [6.45, 7) is 0.831. The molecule has 0 fully saturated rings. The van der Waals surface area contributed by atoms with Crippen LogP contribution >= 0.6 is 15.9 Å². The zero-order valence-electron chi connectivity index (χ0n) is 15.7. The van der Waals surface area contributed by atoms with Gasteiger partial charge in [0.2, 0.25) is 11.7 Å². The predicted octanol–water partition coefficient (Wildman–Crippen LogP) is 2.44. The monoisotopic (exact) mass is 493 g/mol. The Morgan fingerprint density at radius 1 is 1.19 bits per heavy atom. The van der Waals surface area contributed by atoms with E-state index in [2.05, 4.69) is 52.3 Å². The van der Waals surface area contributed by atoms with Gasteiger partial charge in [-0.1, -0.05) is 5.16 Å². The minimum absolute atomic E-state index is 0.0487. The largest absolute Gasteiger partial charge is 0.409 e. The van der Waals surface area contributed by atoms with Gasteiger partial charge in [-0.25, -0.2) is 14.0 Å². The number of anilines is 3. The molecular weight excluding hydrogens is 477 g/mol. The molecule has 2 aromatic heterocycles. The van der Waals surface area contributed by atoms with Gasteiger partial charge in [-0.3, -0.25) is 16.1 Å². The number of pyridine rings is 1. The van der Waals surface area contributed by atoms with Crippen LogP contribution in [-0.2, 0) is 0 Å². The van der Waals surface area contributed by atoms with E-state index < -0.39 is 5.82 Å². The van der Waals surface area contributed by atoms with Crippen LogP contribution in [0.3, 0.4) is 0 Å². The molecular formula is C17H17BrFN9O3. The lowest BCUT2D eigenvalue weighted by molar-refractivity contribution is 0.234. The van der Waals surface area contributed by atoms with Crippen LogP contribution in [0.4, 0.5) is 21.7 Å². The molecule has 0 aliphatic heterocycles. The first-order valence-electron chi connectivity index (χ1n) is 8.71. The van der Waals surface area contributed by atoms with E-state index in [9.17, 15) is 9.60 Å². The molecule has 1 aromatic carbocycles. The van der Waals surface area contributed by atoms with Crippen LogP contribution in [0.15, 0.2) is 50.8 Å². The van der Waals surface area contributed by atoms with Crippen LogP contribution in [-0.4, -0.2) is 50.5 Å². The highest BCUT2D eigenvalue weighted by atomic mass is 79.9. The molecule has 0 radical (unpaired) electrons. The van der Waals surface area contributed by atoms with E-state index in [-0.39, 0.29) is 27.7 Å². The smallest absolute Gasteiger partial charge is 0.203 e. The molecule has 0 saturated heterocycles. The molecule has 12 nitrogen and oxygen atoms in total. The maximum Gasteiger partial charge on any atom is 0.203 e. The zero-order chi connectivity index (χ0) is 22.2. The summed E-state index contributed by atoms with van der Waals surface area (Å²) in [5.74, 6) is 0.158. The van der Waals surface area contributed by atoms with Crippen molar-refractivity contribution in [2.75, 3.05) is 29.0 Å². The predicted molar refractivity (Wildman–Crippen MR) is 113 cm³/mol. The van der Waals surface area contributed by atoms with Gasteiger partial charge in [-0.2, -0.15) is 0 Å². The molecule has 0 saturated carbocycles. The summed E-state index contributed by atoms with van der Waals surface area (Å²) >= 11 is 3.08. The van der Waals surface area contributed by atoms with Gasteiger partial charge in [-0.15, -0.1) is 0 Å². The van der Waals surface area contributed by atoms with Crippen molar-refractivity contribution in [3.05, 3.63) is 58.1 Å². The van der Waals surface area contributed by atoms with Gasteiger partial charge in [0.25, 0.3) is 0 Å². The fourth-order valence-electron chi connectivity index (χ4n) is 2.38. The fraction of sp³-hybridized carbons (Fsp3) is 0.118. The molecule has 162 valence electrons. The molecule has 7 N–H and O–H groups in total. The highest BCUT2D eigenvalue weighted by Crippen LogP contribution is 2.21. The second-order valence-corrected chi connectivity index (χ2v) is 6.79. The summed E-state index contributed by atoms with van der Waals surface area (Å²) < 4.78 is 18.4. The normalized spacial score (nSPS) is 11.1. The fourth-order valence-corrected chi connectivity index (χ4v) is 2.76. The van der Waals surface area contributed by atoms with E-state index in [4.69, 9.17) is 15.2 Å². The summed E-state index contributed by atoms with van der Waals surface area (Å²) in [7, 11) is 0. The van der Waals surface area contributed by atoms with Crippen molar-refractivity contribution in [2.45, 2.75) is 0 Å². The first-order valence-corrected chi connectivity index (χ1v) is 9.51. The third-order valence-corrected chi connectivity index (χ3v) is 4.49. The van der Waals surface area contributed by atoms with Crippen LogP contribution in [0.5, 0.6) is 0 Å². The van der Waals surface area contributed by atoms with Gasteiger partial charge >= 0.3 is 0 Å². The van der Waals surface area contributed by atoms with Crippen molar-refractivity contribution in [3.63, 3.8) is 0 Å². The minimum atomic E-state index is -0.432. The van der Waals surface area contributed by atoms with Crippen LogP contribution in [0.25, 0.3) is 0 Å². The first-order chi connectivity index (χ1) is 15.0. The lowest BCUT2D eigenvalue weighted by Gasteiger charge is -2.09. The molecule has 14 heteroatoms. The van der Waals surface area contributed by atoms with E-state index in [1.165, 1.54) is 24.4 Å². The number of oxime groups is 1. The SMILES string of the molecule is N=C(NO)c1ccc(NCCNc2nonc2/C(=N/O)Nc2ccc(F)c(Br)c2)nc1. The average Bonchev–Trinajstić information content (AvgIpc) is 3.25.